The molecule has 0 spiro atoms. The molecule has 410 valence electrons. The third kappa shape index (κ3) is 58.1. The highest BCUT2D eigenvalue weighted by molar-refractivity contribution is 5.72. The minimum atomic E-state index is -0.835. The van der Waals surface area contributed by atoms with Crippen molar-refractivity contribution < 1.29 is 28.6 Å². The van der Waals surface area contributed by atoms with Crippen molar-refractivity contribution in [2.45, 2.75) is 245 Å². The molecule has 0 aromatic carbocycles. The first kappa shape index (κ1) is 68.3. The highest BCUT2D eigenvalue weighted by Gasteiger charge is 2.19. The summed E-state index contributed by atoms with van der Waals surface area (Å²) >= 11 is 0. The Kier molecular flexibility index (Phi) is 56.0. The molecule has 0 aromatic rings. The first-order valence-electron chi connectivity index (χ1n) is 29.3. The molecule has 0 saturated carbocycles. The molecular formula is C67H106O6. The summed E-state index contributed by atoms with van der Waals surface area (Å²) in [5, 5.41) is 0. The molecule has 0 aliphatic rings. The van der Waals surface area contributed by atoms with Gasteiger partial charge in [0, 0.05) is 12.8 Å². The van der Waals surface area contributed by atoms with E-state index in [-0.39, 0.29) is 31.6 Å². The van der Waals surface area contributed by atoms with Gasteiger partial charge >= 0.3 is 17.9 Å². The summed E-state index contributed by atoms with van der Waals surface area (Å²) in [6.45, 7) is 6.26. The van der Waals surface area contributed by atoms with Gasteiger partial charge in [0.05, 0.1) is 6.42 Å². The van der Waals surface area contributed by atoms with E-state index >= 15 is 0 Å². The van der Waals surface area contributed by atoms with Crippen molar-refractivity contribution in [3.05, 3.63) is 146 Å². The number of ether oxygens (including phenoxy) is 3. The van der Waals surface area contributed by atoms with E-state index in [2.05, 4.69) is 154 Å². The molecule has 1 atom stereocenters. The third-order valence-electron chi connectivity index (χ3n) is 11.9. The fourth-order valence-electron chi connectivity index (χ4n) is 7.56. The Hall–Kier alpha value is -4.71. The van der Waals surface area contributed by atoms with Crippen molar-refractivity contribution in [2.75, 3.05) is 13.2 Å². The van der Waals surface area contributed by atoms with E-state index in [1.165, 1.54) is 83.5 Å². The summed E-state index contributed by atoms with van der Waals surface area (Å²) in [6.07, 6.45) is 86.2. The SMILES string of the molecule is CC/C=C\C/C=C\C/C=C\C/C=C\C/C=C\C/C=C\C/C=C\CCCCCCCCCCCCCC(=O)OCC(COC(=O)CCCCCCCCC)OC(=O)C/C=C\C/C=C\C/C=C\C/C=C\C/C=C\CC. The van der Waals surface area contributed by atoms with Crippen molar-refractivity contribution in [1.29, 1.82) is 0 Å². The Labute approximate surface area is 448 Å². The van der Waals surface area contributed by atoms with Crippen molar-refractivity contribution in [1.82, 2.24) is 0 Å². The van der Waals surface area contributed by atoms with Gasteiger partial charge in [0.15, 0.2) is 6.10 Å². The van der Waals surface area contributed by atoms with Crippen LogP contribution in [0.25, 0.3) is 0 Å². The van der Waals surface area contributed by atoms with E-state index in [0.717, 1.165) is 116 Å². The van der Waals surface area contributed by atoms with Crippen molar-refractivity contribution in [3.63, 3.8) is 0 Å². The van der Waals surface area contributed by atoms with Crippen LogP contribution in [0.5, 0.6) is 0 Å². The van der Waals surface area contributed by atoms with Crippen LogP contribution in [-0.2, 0) is 28.6 Å². The van der Waals surface area contributed by atoms with Crippen molar-refractivity contribution in [2.24, 2.45) is 0 Å². The van der Waals surface area contributed by atoms with Gasteiger partial charge < -0.3 is 14.2 Å². The minimum absolute atomic E-state index is 0.0923. The molecule has 0 bridgehead atoms. The van der Waals surface area contributed by atoms with Crippen LogP contribution in [0, 0.1) is 0 Å². The Morgan fingerprint density at radius 2 is 0.575 bits per heavy atom. The van der Waals surface area contributed by atoms with Crippen LogP contribution in [0.15, 0.2) is 146 Å². The van der Waals surface area contributed by atoms with Crippen LogP contribution in [0.1, 0.15) is 239 Å². The molecule has 0 aliphatic heterocycles. The fraction of sp³-hybridized carbons (Fsp3) is 0.597. The molecule has 6 heteroatoms. The number of unbranched alkanes of at least 4 members (excludes halogenated alkanes) is 17. The lowest BCUT2D eigenvalue weighted by Crippen LogP contribution is -2.30. The monoisotopic (exact) mass is 1010 g/mol. The minimum Gasteiger partial charge on any atom is -0.462 e. The summed E-state index contributed by atoms with van der Waals surface area (Å²) in [5.41, 5.74) is 0. The largest absolute Gasteiger partial charge is 0.462 e. The molecule has 1 unspecified atom stereocenters. The molecule has 73 heavy (non-hydrogen) atoms. The second-order valence-electron chi connectivity index (χ2n) is 18.8. The number of carbonyl (C=O) groups is 3. The topological polar surface area (TPSA) is 78.9 Å². The molecule has 0 N–H and O–H groups in total. The van der Waals surface area contributed by atoms with Crippen LogP contribution >= 0.6 is 0 Å². The number of carbonyl (C=O) groups excluding carboxylic acids is 3. The maximum absolute atomic E-state index is 12.7. The second kappa shape index (κ2) is 59.8. The van der Waals surface area contributed by atoms with Crippen molar-refractivity contribution in [3.8, 4) is 0 Å². The van der Waals surface area contributed by atoms with E-state index in [4.69, 9.17) is 14.2 Å². The van der Waals surface area contributed by atoms with E-state index in [0.29, 0.717) is 12.8 Å². The predicted molar refractivity (Wildman–Crippen MR) is 315 cm³/mol. The average molecular weight is 1010 g/mol. The summed E-state index contributed by atoms with van der Waals surface area (Å²) in [4.78, 5) is 37.8. The molecule has 0 rings (SSSR count). The molecule has 0 heterocycles. The van der Waals surface area contributed by atoms with Crippen LogP contribution < -0.4 is 0 Å². The molecule has 0 amide bonds. The fourth-order valence-corrected chi connectivity index (χ4v) is 7.56. The van der Waals surface area contributed by atoms with Gasteiger partial charge in [-0.25, -0.2) is 0 Å². The number of allylic oxidation sites excluding steroid dienone is 23. The van der Waals surface area contributed by atoms with E-state index < -0.39 is 12.1 Å². The zero-order chi connectivity index (χ0) is 52.9. The summed E-state index contributed by atoms with van der Waals surface area (Å²) in [7, 11) is 0. The Bertz CT molecular complexity index is 1630. The lowest BCUT2D eigenvalue weighted by molar-refractivity contribution is -0.166. The molecular weight excluding hydrogens is 901 g/mol. The van der Waals surface area contributed by atoms with E-state index in [1.54, 1.807) is 6.08 Å². The number of hydrogen-bond acceptors (Lipinski definition) is 6. The standard InChI is InChI=1S/C67H106O6/c1-4-7-10-13-16-18-20-22-24-25-26-27-28-29-30-31-32-33-34-35-36-37-38-39-40-41-43-44-46-48-51-54-57-60-66(69)72-63-64(62-71-65(68)59-56-53-50-15-12-9-6-3)73-67(70)61-58-55-52-49-47-45-42-23-21-19-17-14-11-8-5-2/h7-8,10-11,16-19,22-24,26-27,29-30,32-33,35-36,42,47,49,55,58,64H,4-6,9,12-15,20-21,25,28,31,34,37-41,43-46,48,50-54,56-57,59-63H2,1-3H3/b10-7-,11-8-,18-16-,19-17-,24-22-,27-26-,30-29-,33-32-,36-35-,42-23-,49-47-,58-55-. The highest BCUT2D eigenvalue weighted by atomic mass is 16.6. The summed E-state index contributed by atoms with van der Waals surface area (Å²) in [6, 6.07) is 0. The van der Waals surface area contributed by atoms with Gasteiger partial charge in [-0.15, -0.1) is 0 Å². The van der Waals surface area contributed by atoms with Crippen LogP contribution in [-0.4, -0.2) is 37.2 Å². The maximum atomic E-state index is 12.7. The Morgan fingerprint density at radius 1 is 0.301 bits per heavy atom. The van der Waals surface area contributed by atoms with Gasteiger partial charge in [-0.1, -0.05) is 263 Å². The normalized spacial score (nSPS) is 13.2. The van der Waals surface area contributed by atoms with Gasteiger partial charge in [0.2, 0.25) is 0 Å². The van der Waals surface area contributed by atoms with E-state index in [9.17, 15) is 14.4 Å². The van der Waals surface area contributed by atoms with Gasteiger partial charge in [0.1, 0.15) is 13.2 Å². The number of esters is 3. The Morgan fingerprint density at radius 3 is 0.904 bits per heavy atom. The Balaban J connectivity index is 4.18. The first-order valence-corrected chi connectivity index (χ1v) is 29.3. The maximum Gasteiger partial charge on any atom is 0.310 e. The summed E-state index contributed by atoms with van der Waals surface area (Å²) in [5.74, 6) is -1.07. The van der Waals surface area contributed by atoms with Crippen LogP contribution in [0.3, 0.4) is 0 Å². The number of hydrogen-bond donors (Lipinski definition) is 0. The van der Waals surface area contributed by atoms with Crippen LogP contribution in [0.4, 0.5) is 0 Å². The van der Waals surface area contributed by atoms with Crippen molar-refractivity contribution >= 4 is 17.9 Å². The third-order valence-corrected chi connectivity index (χ3v) is 11.9. The van der Waals surface area contributed by atoms with Crippen LogP contribution in [0.2, 0.25) is 0 Å². The summed E-state index contributed by atoms with van der Waals surface area (Å²) < 4.78 is 16.6. The van der Waals surface area contributed by atoms with Gasteiger partial charge in [-0.3, -0.25) is 14.4 Å². The zero-order valence-corrected chi connectivity index (χ0v) is 46.8. The molecule has 0 saturated heterocycles. The lowest BCUT2D eigenvalue weighted by atomic mass is 10.0. The number of rotatable bonds is 51. The molecule has 0 radical (unpaired) electrons. The van der Waals surface area contributed by atoms with E-state index in [1.807, 2.05) is 6.08 Å². The molecule has 0 aromatic heterocycles. The average Bonchev–Trinajstić information content (AvgIpc) is 3.39. The molecule has 0 aliphatic carbocycles. The zero-order valence-electron chi connectivity index (χ0n) is 46.8. The molecule has 0 fully saturated rings. The highest BCUT2D eigenvalue weighted by Crippen LogP contribution is 2.14. The van der Waals surface area contributed by atoms with Gasteiger partial charge in [-0.2, -0.15) is 0 Å². The predicted octanol–water partition coefficient (Wildman–Crippen LogP) is 20.0. The first-order chi connectivity index (χ1) is 36.0. The molecule has 6 nitrogen and oxygen atoms in total. The van der Waals surface area contributed by atoms with Gasteiger partial charge in [-0.05, 0) is 103 Å². The quantitative estimate of drug-likeness (QED) is 0.0261. The smallest absolute Gasteiger partial charge is 0.310 e. The second-order valence-corrected chi connectivity index (χ2v) is 18.8. The van der Waals surface area contributed by atoms with Gasteiger partial charge in [0.25, 0.3) is 0 Å². The lowest BCUT2D eigenvalue weighted by Gasteiger charge is -2.18.